The van der Waals surface area contributed by atoms with E-state index >= 15 is 0 Å². The molecule has 3 aromatic rings. The van der Waals surface area contributed by atoms with Crippen LogP contribution in [0, 0.1) is 0 Å². The third-order valence-corrected chi connectivity index (χ3v) is 5.65. The highest BCUT2D eigenvalue weighted by molar-refractivity contribution is 7.86. The summed E-state index contributed by atoms with van der Waals surface area (Å²) >= 11 is 0. The third-order valence-electron chi connectivity index (χ3n) is 4.47. The molecular formula is C21H20N2OS. The van der Waals surface area contributed by atoms with Gasteiger partial charge in [0.2, 0.25) is 0 Å². The maximum Gasteiger partial charge on any atom is 0.150 e. The molecule has 0 fully saturated rings. The molecule has 0 spiro atoms. The van der Waals surface area contributed by atoms with Gasteiger partial charge in [0.25, 0.3) is 0 Å². The van der Waals surface area contributed by atoms with Crippen molar-refractivity contribution < 1.29 is 4.21 Å². The fourth-order valence-electron chi connectivity index (χ4n) is 3.19. The molecule has 3 aromatic carbocycles. The number of nitrogens with one attached hydrogen (secondary N) is 2. The van der Waals surface area contributed by atoms with Crippen LogP contribution in [-0.4, -0.2) is 10.8 Å². The van der Waals surface area contributed by atoms with Crippen molar-refractivity contribution >= 4 is 16.7 Å². The number of benzene rings is 3. The van der Waals surface area contributed by atoms with E-state index in [-0.39, 0.29) is 0 Å². The van der Waals surface area contributed by atoms with E-state index in [0.717, 1.165) is 41.2 Å². The summed E-state index contributed by atoms with van der Waals surface area (Å²) in [6.45, 7) is 1.91. The summed E-state index contributed by atoms with van der Waals surface area (Å²) in [5.74, 6) is 0. The van der Waals surface area contributed by atoms with Crippen LogP contribution in [0.2, 0.25) is 0 Å². The van der Waals surface area contributed by atoms with E-state index in [9.17, 15) is 4.21 Å². The molecular weight excluding hydrogens is 328 g/mol. The molecule has 0 aliphatic carbocycles. The first kappa shape index (κ1) is 16.1. The molecule has 4 rings (SSSR count). The zero-order valence-corrected chi connectivity index (χ0v) is 14.7. The van der Waals surface area contributed by atoms with Crippen LogP contribution >= 0.6 is 0 Å². The van der Waals surface area contributed by atoms with Crippen LogP contribution < -0.4 is 10.0 Å². The molecule has 3 nitrogen and oxygen atoms in total. The summed E-state index contributed by atoms with van der Waals surface area (Å²) in [5, 5.41) is 3.37. The van der Waals surface area contributed by atoms with E-state index in [0.29, 0.717) is 0 Å². The molecule has 0 radical (unpaired) electrons. The Morgan fingerprint density at radius 2 is 1.68 bits per heavy atom. The summed E-state index contributed by atoms with van der Waals surface area (Å²) in [6, 6.07) is 24.2. The second-order valence-corrected chi connectivity index (χ2v) is 7.32. The van der Waals surface area contributed by atoms with Crippen molar-refractivity contribution in [3.8, 4) is 11.1 Å². The molecule has 1 aliphatic rings. The number of hydrogen-bond acceptors (Lipinski definition) is 2. The zero-order valence-electron chi connectivity index (χ0n) is 13.9. The highest BCUT2D eigenvalue weighted by atomic mass is 32.2. The van der Waals surface area contributed by atoms with Gasteiger partial charge in [0.1, 0.15) is 0 Å². The average Bonchev–Trinajstić information content (AvgIpc) is 2.68. The van der Waals surface area contributed by atoms with E-state index in [1.165, 1.54) is 11.1 Å². The lowest BCUT2D eigenvalue weighted by molar-refractivity contribution is 0.644. The first-order valence-electron chi connectivity index (χ1n) is 8.47. The van der Waals surface area contributed by atoms with Crippen LogP contribution in [0.1, 0.15) is 11.1 Å². The first-order chi connectivity index (χ1) is 12.3. The topological polar surface area (TPSA) is 41.1 Å². The van der Waals surface area contributed by atoms with Crippen LogP contribution in [0.4, 0.5) is 5.69 Å². The van der Waals surface area contributed by atoms with Gasteiger partial charge in [-0.15, -0.1) is 0 Å². The summed E-state index contributed by atoms with van der Waals surface area (Å²) in [4.78, 5) is 0.799. The fourth-order valence-corrected chi connectivity index (χ4v) is 4.23. The van der Waals surface area contributed by atoms with Crippen LogP contribution in [0.25, 0.3) is 11.1 Å². The second-order valence-electron chi connectivity index (χ2n) is 6.14. The van der Waals surface area contributed by atoms with Gasteiger partial charge in [0.15, 0.2) is 11.0 Å². The molecule has 126 valence electrons. The predicted octanol–water partition coefficient (Wildman–Crippen LogP) is 4.13. The molecule has 0 saturated heterocycles. The Bertz CT molecular complexity index is 909. The molecule has 2 N–H and O–H groups in total. The van der Waals surface area contributed by atoms with Crippen molar-refractivity contribution in [2.24, 2.45) is 0 Å². The molecule has 0 aromatic heterocycles. The standard InChI is InChI=1S/C21H20N2OS/c24-25(23-19-11-10-18-15-22-13-12-17(18)14-19)21-9-5-4-8-20(21)16-6-2-1-3-7-16/h1-11,14,22-23H,12-13,15H2. The van der Waals surface area contributed by atoms with Gasteiger partial charge in [-0.25, -0.2) is 4.21 Å². The van der Waals surface area contributed by atoms with Crippen LogP contribution in [-0.2, 0) is 24.0 Å². The average molecular weight is 348 g/mol. The minimum Gasteiger partial charge on any atom is -0.312 e. The van der Waals surface area contributed by atoms with Crippen molar-refractivity contribution in [3.63, 3.8) is 0 Å². The lowest BCUT2D eigenvalue weighted by Gasteiger charge is -2.18. The van der Waals surface area contributed by atoms with Crippen molar-refractivity contribution in [1.82, 2.24) is 5.32 Å². The Hall–Kier alpha value is -2.43. The molecule has 1 aliphatic heterocycles. The number of rotatable bonds is 4. The Balaban J connectivity index is 1.62. The number of hydrogen-bond donors (Lipinski definition) is 2. The first-order valence-corrected chi connectivity index (χ1v) is 9.62. The van der Waals surface area contributed by atoms with Crippen molar-refractivity contribution in [3.05, 3.63) is 83.9 Å². The van der Waals surface area contributed by atoms with Crippen LogP contribution in [0.3, 0.4) is 0 Å². The summed E-state index contributed by atoms with van der Waals surface area (Å²) in [7, 11) is -1.31. The smallest absolute Gasteiger partial charge is 0.150 e. The predicted molar refractivity (Wildman–Crippen MR) is 104 cm³/mol. The molecule has 1 heterocycles. The molecule has 1 atom stereocenters. The van der Waals surface area contributed by atoms with Gasteiger partial charge in [-0.3, -0.25) is 0 Å². The monoisotopic (exact) mass is 348 g/mol. The van der Waals surface area contributed by atoms with Crippen LogP contribution in [0.15, 0.2) is 77.7 Å². The van der Waals surface area contributed by atoms with E-state index < -0.39 is 11.0 Å². The van der Waals surface area contributed by atoms with Crippen LogP contribution in [0.5, 0.6) is 0 Å². The van der Waals surface area contributed by atoms with Gasteiger partial charge < -0.3 is 10.0 Å². The van der Waals surface area contributed by atoms with Gasteiger partial charge in [-0.05, 0) is 53.4 Å². The normalized spacial score (nSPS) is 14.6. The lowest BCUT2D eigenvalue weighted by Crippen LogP contribution is -2.23. The zero-order chi connectivity index (χ0) is 17.1. The highest BCUT2D eigenvalue weighted by Gasteiger charge is 2.13. The molecule has 0 bridgehead atoms. The van der Waals surface area contributed by atoms with Gasteiger partial charge >= 0.3 is 0 Å². The summed E-state index contributed by atoms with van der Waals surface area (Å²) < 4.78 is 16.1. The molecule has 4 heteroatoms. The maximum atomic E-state index is 13.0. The van der Waals surface area contributed by atoms with E-state index in [2.05, 4.69) is 22.2 Å². The highest BCUT2D eigenvalue weighted by Crippen LogP contribution is 2.27. The molecule has 0 saturated carbocycles. The Morgan fingerprint density at radius 1 is 0.880 bits per heavy atom. The fraction of sp³-hybridized carbons (Fsp3) is 0.143. The quantitative estimate of drug-likeness (QED) is 0.744. The van der Waals surface area contributed by atoms with Gasteiger partial charge in [0, 0.05) is 12.2 Å². The molecule has 1 unspecified atom stereocenters. The Morgan fingerprint density at radius 3 is 2.56 bits per heavy atom. The lowest BCUT2D eigenvalue weighted by atomic mass is 10.0. The SMILES string of the molecule is O=S(Nc1ccc2c(c1)CCNC2)c1ccccc1-c1ccccc1. The Kier molecular flexibility index (Phi) is 4.63. The van der Waals surface area contributed by atoms with Gasteiger partial charge in [-0.1, -0.05) is 54.6 Å². The summed E-state index contributed by atoms with van der Waals surface area (Å²) in [6.07, 6.45) is 1.01. The Labute approximate surface area is 150 Å². The van der Waals surface area contributed by atoms with Gasteiger partial charge in [0.05, 0.1) is 4.90 Å². The van der Waals surface area contributed by atoms with E-state index in [4.69, 9.17) is 0 Å². The second kappa shape index (κ2) is 7.21. The van der Waals surface area contributed by atoms with Crippen molar-refractivity contribution in [2.75, 3.05) is 11.3 Å². The van der Waals surface area contributed by atoms with E-state index in [1.807, 2.05) is 60.7 Å². The maximum absolute atomic E-state index is 13.0. The largest absolute Gasteiger partial charge is 0.312 e. The van der Waals surface area contributed by atoms with Crippen molar-refractivity contribution in [1.29, 1.82) is 0 Å². The minimum absolute atomic E-state index is 0.799. The summed E-state index contributed by atoms with van der Waals surface area (Å²) in [5.41, 5.74) is 5.63. The number of fused-ring (bicyclic) bond motifs is 1. The molecule has 25 heavy (non-hydrogen) atoms. The minimum atomic E-state index is -1.31. The third kappa shape index (κ3) is 3.50. The van der Waals surface area contributed by atoms with Gasteiger partial charge in [-0.2, -0.15) is 0 Å². The molecule has 0 amide bonds. The van der Waals surface area contributed by atoms with E-state index in [1.54, 1.807) is 0 Å². The number of anilines is 1. The van der Waals surface area contributed by atoms with Crippen molar-refractivity contribution in [2.45, 2.75) is 17.9 Å².